The minimum atomic E-state index is -0.525. The molecule has 2 aromatic carbocycles. The Bertz CT molecular complexity index is 1220. The Kier molecular flexibility index (Phi) is 4.25. The Morgan fingerprint density at radius 2 is 1.85 bits per heavy atom. The third-order valence-electron chi connectivity index (χ3n) is 4.10. The van der Waals surface area contributed by atoms with Gasteiger partial charge in [0, 0.05) is 35.5 Å². The topological polar surface area (TPSA) is 91.5 Å². The molecule has 27 heavy (non-hydrogen) atoms. The quantitative estimate of drug-likeness (QED) is 0.407. The summed E-state index contributed by atoms with van der Waals surface area (Å²) >= 11 is 0. The number of carbonyl (C=O) groups excluding carboxylic acids is 1. The number of hydrogen-bond donors (Lipinski definition) is 0. The van der Waals surface area contributed by atoms with Gasteiger partial charge in [0.05, 0.1) is 23.7 Å². The SMILES string of the molecule is COc1ccc2c(COC(=O)c3ccc4nccnc4c3)cc(=O)oc2c1. The van der Waals surface area contributed by atoms with Crippen LogP contribution in [0.3, 0.4) is 0 Å². The van der Waals surface area contributed by atoms with Gasteiger partial charge in [0.25, 0.3) is 0 Å². The summed E-state index contributed by atoms with van der Waals surface area (Å²) in [5, 5.41) is 0.674. The zero-order valence-corrected chi connectivity index (χ0v) is 14.3. The summed E-state index contributed by atoms with van der Waals surface area (Å²) in [7, 11) is 1.53. The van der Waals surface area contributed by atoms with Crippen LogP contribution in [0, 0.1) is 0 Å². The highest BCUT2D eigenvalue weighted by molar-refractivity contribution is 5.93. The van der Waals surface area contributed by atoms with Crippen LogP contribution in [0.4, 0.5) is 0 Å². The Hall–Kier alpha value is -3.74. The first-order valence-corrected chi connectivity index (χ1v) is 8.13. The summed E-state index contributed by atoms with van der Waals surface area (Å²) in [5.74, 6) is 0.0505. The van der Waals surface area contributed by atoms with Gasteiger partial charge in [-0.05, 0) is 30.3 Å². The van der Waals surface area contributed by atoms with E-state index in [0.29, 0.717) is 38.9 Å². The van der Waals surface area contributed by atoms with E-state index in [1.165, 1.54) is 13.2 Å². The van der Waals surface area contributed by atoms with E-state index in [4.69, 9.17) is 13.9 Å². The molecule has 4 rings (SSSR count). The molecule has 0 saturated heterocycles. The van der Waals surface area contributed by atoms with Gasteiger partial charge in [0.1, 0.15) is 17.9 Å². The molecule has 0 radical (unpaired) electrons. The molecular formula is C20H14N2O5. The lowest BCUT2D eigenvalue weighted by Crippen LogP contribution is -2.08. The number of aromatic nitrogens is 2. The van der Waals surface area contributed by atoms with E-state index in [0.717, 1.165) is 0 Å². The second-order valence-electron chi connectivity index (χ2n) is 5.79. The molecule has 4 aromatic rings. The summed E-state index contributed by atoms with van der Waals surface area (Å²) < 4.78 is 15.7. The largest absolute Gasteiger partial charge is 0.497 e. The van der Waals surface area contributed by atoms with Crippen LogP contribution in [0.1, 0.15) is 15.9 Å². The van der Waals surface area contributed by atoms with Crippen LogP contribution >= 0.6 is 0 Å². The van der Waals surface area contributed by atoms with Crippen molar-refractivity contribution in [2.45, 2.75) is 6.61 Å². The van der Waals surface area contributed by atoms with E-state index < -0.39 is 11.6 Å². The highest BCUT2D eigenvalue weighted by atomic mass is 16.5. The van der Waals surface area contributed by atoms with E-state index in [9.17, 15) is 9.59 Å². The maximum atomic E-state index is 12.4. The van der Waals surface area contributed by atoms with Gasteiger partial charge >= 0.3 is 11.6 Å². The number of rotatable bonds is 4. The molecule has 0 aliphatic heterocycles. The summed E-state index contributed by atoms with van der Waals surface area (Å²) in [5.41, 5.74) is 2.05. The van der Waals surface area contributed by atoms with Crippen LogP contribution in [-0.4, -0.2) is 23.0 Å². The Balaban J connectivity index is 1.60. The smallest absolute Gasteiger partial charge is 0.338 e. The summed E-state index contributed by atoms with van der Waals surface area (Å²) in [4.78, 5) is 32.5. The number of nitrogens with zero attached hydrogens (tertiary/aromatic N) is 2. The average Bonchev–Trinajstić information content (AvgIpc) is 2.70. The molecule has 7 heteroatoms. The molecular weight excluding hydrogens is 348 g/mol. The molecule has 0 unspecified atom stereocenters. The van der Waals surface area contributed by atoms with Gasteiger partial charge in [0.2, 0.25) is 0 Å². The Morgan fingerprint density at radius 3 is 2.67 bits per heavy atom. The molecule has 0 spiro atoms. The normalized spacial score (nSPS) is 10.9. The van der Waals surface area contributed by atoms with E-state index in [1.807, 2.05) is 0 Å². The van der Waals surface area contributed by atoms with Crippen molar-refractivity contribution in [1.82, 2.24) is 9.97 Å². The lowest BCUT2D eigenvalue weighted by atomic mass is 10.1. The summed E-state index contributed by atoms with van der Waals surface area (Å²) in [6.45, 7) is -0.0637. The van der Waals surface area contributed by atoms with Gasteiger partial charge in [-0.3, -0.25) is 9.97 Å². The van der Waals surface area contributed by atoms with Crippen LogP contribution in [0.2, 0.25) is 0 Å². The van der Waals surface area contributed by atoms with Crippen molar-refractivity contribution in [2.24, 2.45) is 0 Å². The fourth-order valence-corrected chi connectivity index (χ4v) is 2.77. The number of carbonyl (C=O) groups is 1. The first-order chi connectivity index (χ1) is 13.1. The lowest BCUT2D eigenvalue weighted by molar-refractivity contribution is 0.0474. The summed E-state index contributed by atoms with van der Waals surface area (Å²) in [6, 6.07) is 11.4. The van der Waals surface area contributed by atoms with E-state index in [-0.39, 0.29) is 6.61 Å². The molecule has 0 N–H and O–H groups in total. The number of benzene rings is 2. The van der Waals surface area contributed by atoms with Crippen molar-refractivity contribution in [3.05, 3.63) is 76.4 Å². The van der Waals surface area contributed by atoms with Crippen molar-refractivity contribution >= 4 is 28.0 Å². The van der Waals surface area contributed by atoms with E-state index in [1.54, 1.807) is 48.8 Å². The molecule has 0 aliphatic carbocycles. The number of fused-ring (bicyclic) bond motifs is 2. The third kappa shape index (κ3) is 3.35. The van der Waals surface area contributed by atoms with Gasteiger partial charge in [-0.2, -0.15) is 0 Å². The lowest BCUT2D eigenvalue weighted by Gasteiger charge is -2.08. The first-order valence-electron chi connectivity index (χ1n) is 8.13. The number of ether oxygens (including phenoxy) is 2. The van der Waals surface area contributed by atoms with Crippen LogP contribution in [0.5, 0.6) is 5.75 Å². The highest BCUT2D eigenvalue weighted by Gasteiger charge is 2.12. The number of hydrogen-bond acceptors (Lipinski definition) is 7. The molecule has 0 aliphatic rings. The van der Waals surface area contributed by atoms with Crippen molar-refractivity contribution in [1.29, 1.82) is 0 Å². The molecule has 2 heterocycles. The molecule has 2 aromatic heterocycles. The maximum Gasteiger partial charge on any atom is 0.338 e. The van der Waals surface area contributed by atoms with Crippen molar-refractivity contribution in [3.8, 4) is 5.75 Å². The Labute approximate surface area is 153 Å². The predicted octanol–water partition coefficient (Wildman–Crippen LogP) is 3.10. The van der Waals surface area contributed by atoms with Crippen LogP contribution in [-0.2, 0) is 11.3 Å². The van der Waals surface area contributed by atoms with E-state index >= 15 is 0 Å². The zero-order chi connectivity index (χ0) is 18.8. The molecule has 7 nitrogen and oxygen atoms in total. The van der Waals surface area contributed by atoms with Crippen LogP contribution in [0.15, 0.2) is 64.1 Å². The molecule has 0 atom stereocenters. The minimum absolute atomic E-state index is 0.0637. The van der Waals surface area contributed by atoms with Crippen molar-refractivity contribution < 1.29 is 18.7 Å². The third-order valence-corrected chi connectivity index (χ3v) is 4.10. The van der Waals surface area contributed by atoms with Crippen molar-refractivity contribution in [2.75, 3.05) is 7.11 Å². The monoisotopic (exact) mass is 362 g/mol. The highest BCUT2D eigenvalue weighted by Crippen LogP contribution is 2.23. The van der Waals surface area contributed by atoms with Gasteiger partial charge in [-0.15, -0.1) is 0 Å². The second-order valence-corrected chi connectivity index (χ2v) is 5.79. The number of methoxy groups -OCH3 is 1. The summed E-state index contributed by atoms with van der Waals surface area (Å²) in [6.07, 6.45) is 3.14. The molecule has 134 valence electrons. The Morgan fingerprint density at radius 1 is 1.04 bits per heavy atom. The minimum Gasteiger partial charge on any atom is -0.497 e. The van der Waals surface area contributed by atoms with Gasteiger partial charge in [-0.25, -0.2) is 9.59 Å². The fraction of sp³-hybridized carbons (Fsp3) is 0.100. The van der Waals surface area contributed by atoms with Gasteiger partial charge in [-0.1, -0.05) is 0 Å². The van der Waals surface area contributed by atoms with Crippen molar-refractivity contribution in [3.63, 3.8) is 0 Å². The molecule has 0 amide bonds. The second kappa shape index (κ2) is 6.87. The average molecular weight is 362 g/mol. The molecule has 0 saturated carbocycles. The molecule has 0 bridgehead atoms. The zero-order valence-electron chi connectivity index (χ0n) is 14.3. The number of esters is 1. The van der Waals surface area contributed by atoms with Crippen LogP contribution < -0.4 is 10.4 Å². The first kappa shape index (κ1) is 16.7. The standard InChI is InChI=1S/C20H14N2O5/c1-25-14-3-4-15-13(9-19(23)27-18(15)10-14)11-26-20(24)12-2-5-16-17(8-12)22-7-6-21-16/h2-10H,11H2,1H3. The predicted molar refractivity (Wildman–Crippen MR) is 97.7 cm³/mol. The fourth-order valence-electron chi connectivity index (χ4n) is 2.77. The van der Waals surface area contributed by atoms with Gasteiger partial charge in [0.15, 0.2) is 0 Å². The van der Waals surface area contributed by atoms with E-state index in [2.05, 4.69) is 9.97 Å². The van der Waals surface area contributed by atoms with Crippen LogP contribution in [0.25, 0.3) is 22.0 Å². The molecule has 0 fully saturated rings. The maximum absolute atomic E-state index is 12.4. The van der Waals surface area contributed by atoms with Gasteiger partial charge < -0.3 is 13.9 Å².